The van der Waals surface area contributed by atoms with Gasteiger partial charge in [0, 0.05) is 4.88 Å². The van der Waals surface area contributed by atoms with Crippen molar-refractivity contribution >= 4 is 17.3 Å². The van der Waals surface area contributed by atoms with Gasteiger partial charge in [0.15, 0.2) is 0 Å². The fourth-order valence-corrected chi connectivity index (χ4v) is 2.35. The van der Waals surface area contributed by atoms with E-state index < -0.39 is 0 Å². The Balaban J connectivity index is 2.88. The van der Waals surface area contributed by atoms with Gasteiger partial charge in [0.05, 0.1) is 13.0 Å². The number of hydrogen-bond donors (Lipinski definition) is 0. The summed E-state index contributed by atoms with van der Waals surface area (Å²) in [6.07, 6.45) is 1.86. The second-order valence-corrected chi connectivity index (χ2v) is 4.42. The van der Waals surface area contributed by atoms with Crippen LogP contribution in [0.1, 0.15) is 36.1 Å². The zero-order chi connectivity index (χ0) is 10.6. The summed E-state index contributed by atoms with van der Waals surface area (Å²) in [5.74, 6) is -0.190. The monoisotopic (exact) mass is 212 g/mol. The van der Waals surface area contributed by atoms with E-state index in [-0.39, 0.29) is 11.9 Å². The molecule has 0 amide bonds. The van der Waals surface area contributed by atoms with Crippen LogP contribution in [-0.4, -0.2) is 13.1 Å². The summed E-state index contributed by atoms with van der Waals surface area (Å²) in [4.78, 5) is 12.8. The molecule has 3 heteroatoms. The van der Waals surface area contributed by atoms with Crippen molar-refractivity contribution in [3.8, 4) is 0 Å². The number of ether oxygens (including phenoxy) is 1. The lowest BCUT2D eigenvalue weighted by molar-refractivity contribution is -0.142. The number of carbonyl (C=O) groups excluding carboxylic acids is 1. The van der Waals surface area contributed by atoms with Crippen LogP contribution in [0.15, 0.2) is 11.4 Å². The minimum Gasteiger partial charge on any atom is -0.469 e. The molecule has 2 nitrogen and oxygen atoms in total. The molecule has 0 spiro atoms. The molecule has 1 unspecified atom stereocenters. The van der Waals surface area contributed by atoms with Gasteiger partial charge in [-0.3, -0.25) is 4.79 Å². The lowest BCUT2D eigenvalue weighted by Gasteiger charge is -2.13. The topological polar surface area (TPSA) is 26.3 Å². The molecule has 0 aliphatic rings. The van der Waals surface area contributed by atoms with Crippen molar-refractivity contribution in [3.63, 3.8) is 0 Å². The lowest BCUT2D eigenvalue weighted by atomic mass is 9.95. The van der Waals surface area contributed by atoms with Gasteiger partial charge in [-0.2, -0.15) is 0 Å². The zero-order valence-corrected chi connectivity index (χ0v) is 9.69. The van der Waals surface area contributed by atoms with E-state index in [2.05, 4.69) is 6.92 Å². The van der Waals surface area contributed by atoms with Gasteiger partial charge in [-0.15, -0.1) is 11.3 Å². The first kappa shape index (κ1) is 11.2. The number of rotatable bonds is 4. The molecule has 14 heavy (non-hydrogen) atoms. The van der Waals surface area contributed by atoms with Gasteiger partial charge >= 0.3 is 5.97 Å². The highest BCUT2D eigenvalue weighted by Crippen LogP contribution is 2.28. The Morgan fingerprint density at radius 3 is 2.79 bits per heavy atom. The number of esters is 1. The molecule has 0 aliphatic carbocycles. The molecule has 1 rings (SSSR count). The standard InChI is InChI=1S/C11H16O2S/c1-4-5-10(11(12)13-3)9-6-7-14-8(9)2/h6-7,10H,4-5H2,1-3H3. The summed E-state index contributed by atoms with van der Waals surface area (Å²) in [6, 6.07) is 2.03. The number of methoxy groups -OCH3 is 1. The SMILES string of the molecule is CCCC(C(=O)OC)c1ccsc1C. The maximum Gasteiger partial charge on any atom is 0.313 e. The first-order chi connectivity index (χ1) is 6.70. The van der Waals surface area contributed by atoms with E-state index in [4.69, 9.17) is 4.74 Å². The first-order valence-electron chi connectivity index (χ1n) is 4.82. The van der Waals surface area contributed by atoms with Crippen molar-refractivity contribution < 1.29 is 9.53 Å². The molecule has 0 N–H and O–H groups in total. The number of thiophene rings is 1. The van der Waals surface area contributed by atoms with Crippen LogP contribution < -0.4 is 0 Å². The molecule has 1 aromatic rings. The van der Waals surface area contributed by atoms with E-state index in [0.717, 1.165) is 18.4 Å². The highest BCUT2D eigenvalue weighted by atomic mass is 32.1. The number of hydrogen-bond acceptors (Lipinski definition) is 3. The van der Waals surface area contributed by atoms with Gasteiger partial charge in [-0.1, -0.05) is 13.3 Å². The Morgan fingerprint density at radius 1 is 1.64 bits per heavy atom. The minimum atomic E-state index is -0.117. The molecule has 0 saturated heterocycles. The molecule has 0 bridgehead atoms. The third-order valence-electron chi connectivity index (χ3n) is 2.34. The second-order valence-electron chi connectivity index (χ2n) is 3.30. The molecule has 1 aromatic heterocycles. The van der Waals surface area contributed by atoms with Crippen molar-refractivity contribution in [1.29, 1.82) is 0 Å². The molecular weight excluding hydrogens is 196 g/mol. The van der Waals surface area contributed by atoms with Crippen LogP contribution in [0.2, 0.25) is 0 Å². The van der Waals surface area contributed by atoms with E-state index in [1.54, 1.807) is 11.3 Å². The predicted molar refractivity (Wildman–Crippen MR) is 58.7 cm³/mol. The second kappa shape index (κ2) is 5.15. The molecule has 0 aromatic carbocycles. The van der Waals surface area contributed by atoms with Gasteiger partial charge < -0.3 is 4.74 Å². The van der Waals surface area contributed by atoms with Crippen LogP contribution >= 0.6 is 11.3 Å². The molecule has 1 heterocycles. The van der Waals surface area contributed by atoms with E-state index >= 15 is 0 Å². The van der Waals surface area contributed by atoms with Gasteiger partial charge in [-0.05, 0) is 30.4 Å². The molecular formula is C11H16O2S. The first-order valence-corrected chi connectivity index (χ1v) is 5.70. The Kier molecular flexibility index (Phi) is 4.14. The van der Waals surface area contributed by atoms with Crippen molar-refractivity contribution in [3.05, 3.63) is 21.9 Å². The van der Waals surface area contributed by atoms with Gasteiger partial charge in [0.2, 0.25) is 0 Å². The summed E-state index contributed by atoms with van der Waals surface area (Å²) >= 11 is 1.68. The Bertz CT molecular complexity index is 304. The van der Waals surface area contributed by atoms with Crippen LogP contribution in [0.25, 0.3) is 0 Å². The third kappa shape index (κ3) is 2.35. The summed E-state index contributed by atoms with van der Waals surface area (Å²) < 4.78 is 4.81. The van der Waals surface area contributed by atoms with E-state index in [0.29, 0.717) is 0 Å². The molecule has 0 fully saturated rings. The summed E-state index contributed by atoms with van der Waals surface area (Å²) in [5.41, 5.74) is 1.13. The highest BCUT2D eigenvalue weighted by molar-refractivity contribution is 7.10. The summed E-state index contributed by atoms with van der Waals surface area (Å²) in [6.45, 7) is 4.13. The zero-order valence-electron chi connectivity index (χ0n) is 8.87. The third-order valence-corrected chi connectivity index (χ3v) is 3.20. The van der Waals surface area contributed by atoms with E-state index in [9.17, 15) is 4.79 Å². The molecule has 1 atom stereocenters. The van der Waals surface area contributed by atoms with Crippen molar-refractivity contribution in [2.45, 2.75) is 32.6 Å². The van der Waals surface area contributed by atoms with E-state index in [1.807, 2.05) is 18.4 Å². The number of aryl methyl sites for hydroxylation is 1. The van der Waals surface area contributed by atoms with Crippen LogP contribution in [0, 0.1) is 6.92 Å². The molecule has 0 radical (unpaired) electrons. The fourth-order valence-electron chi connectivity index (χ4n) is 1.59. The van der Waals surface area contributed by atoms with Gasteiger partial charge in [-0.25, -0.2) is 0 Å². The van der Waals surface area contributed by atoms with Crippen molar-refractivity contribution in [2.24, 2.45) is 0 Å². The maximum absolute atomic E-state index is 11.5. The van der Waals surface area contributed by atoms with E-state index in [1.165, 1.54) is 12.0 Å². The van der Waals surface area contributed by atoms with Crippen molar-refractivity contribution in [1.82, 2.24) is 0 Å². The smallest absolute Gasteiger partial charge is 0.313 e. The van der Waals surface area contributed by atoms with Crippen LogP contribution in [-0.2, 0) is 9.53 Å². The highest BCUT2D eigenvalue weighted by Gasteiger charge is 2.22. The predicted octanol–water partition coefficient (Wildman–Crippen LogP) is 3.11. The average Bonchev–Trinajstić information content (AvgIpc) is 2.60. The van der Waals surface area contributed by atoms with Gasteiger partial charge in [0.1, 0.15) is 0 Å². The maximum atomic E-state index is 11.5. The Morgan fingerprint density at radius 2 is 2.36 bits per heavy atom. The molecule has 0 saturated carbocycles. The minimum absolute atomic E-state index is 0.0729. The van der Waals surface area contributed by atoms with Crippen molar-refractivity contribution in [2.75, 3.05) is 7.11 Å². The molecule has 0 aliphatic heterocycles. The average molecular weight is 212 g/mol. The number of carbonyl (C=O) groups is 1. The summed E-state index contributed by atoms with van der Waals surface area (Å²) in [5, 5.41) is 2.02. The molecule has 78 valence electrons. The van der Waals surface area contributed by atoms with Gasteiger partial charge in [0.25, 0.3) is 0 Å². The summed E-state index contributed by atoms with van der Waals surface area (Å²) in [7, 11) is 1.45. The van der Waals surface area contributed by atoms with Crippen LogP contribution in [0.3, 0.4) is 0 Å². The largest absolute Gasteiger partial charge is 0.469 e. The Labute approximate surface area is 88.9 Å². The Hall–Kier alpha value is -0.830. The van der Waals surface area contributed by atoms with Crippen LogP contribution in [0.5, 0.6) is 0 Å². The normalized spacial score (nSPS) is 12.5. The van der Waals surface area contributed by atoms with Crippen LogP contribution in [0.4, 0.5) is 0 Å². The fraction of sp³-hybridized carbons (Fsp3) is 0.545. The quantitative estimate of drug-likeness (QED) is 0.717. The lowest BCUT2D eigenvalue weighted by Crippen LogP contribution is -2.14.